The maximum Gasteiger partial charge on any atom is 0.119 e. The van der Waals surface area contributed by atoms with Crippen LogP contribution in [0.5, 0.6) is 5.75 Å². The third-order valence-corrected chi connectivity index (χ3v) is 7.75. The molecule has 4 atom stereocenters. The van der Waals surface area contributed by atoms with E-state index in [1.165, 1.54) is 37.7 Å². The molecule has 3 aliphatic carbocycles. The van der Waals surface area contributed by atoms with Crippen molar-refractivity contribution in [2.24, 2.45) is 23.7 Å². The fraction of sp³-hybridized carbons (Fsp3) is 0.750. The molecule has 2 bridgehead atoms. The summed E-state index contributed by atoms with van der Waals surface area (Å²) in [5.41, 5.74) is 2.79. The molecule has 1 aromatic rings. The zero-order valence-corrected chi connectivity index (χ0v) is 16.6. The van der Waals surface area contributed by atoms with Gasteiger partial charge in [0.05, 0.1) is 0 Å². The van der Waals surface area contributed by atoms with E-state index in [-0.39, 0.29) is 12.0 Å². The highest BCUT2D eigenvalue weighted by atomic mass is 16.3. The second kappa shape index (κ2) is 7.19. The normalized spacial score (nSPS) is 40.3. The molecular weight excluding hydrogens is 320 g/mol. The molecule has 2 heteroatoms. The maximum absolute atomic E-state index is 10.9. The Kier molecular flexibility index (Phi) is 5.07. The molecule has 26 heavy (non-hydrogen) atoms. The number of phenols is 1. The third kappa shape index (κ3) is 3.42. The Morgan fingerprint density at radius 1 is 1.00 bits per heavy atom. The summed E-state index contributed by atoms with van der Waals surface area (Å²) in [5, 5.41) is 20.4. The van der Waals surface area contributed by atoms with Crippen LogP contribution in [0.4, 0.5) is 0 Å². The van der Waals surface area contributed by atoms with Gasteiger partial charge in [0.1, 0.15) is 5.75 Å². The standard InChI is InChI=1S/C24H36O2/c1-16-8-19-9-17(2)13-24(12-16,14-19)21-6-7-22(23(26)11-21)20-5-3-4-18(10-20)15-25/h6-7,11,16-20,25-26H,3-5,8-10,12-15H2,1-2H3. The van der Waals surface area contributed by atoms with Gasteiger partial charge in [-0.05, 0) is 104 Å². The van der Waals surface area contributed by atoms with Crippen molar-refractivity contribution in [2.75, 3.05) is 6.61 Å². The number of benzene rings is 1. The molecule has 0 heterocycles. The Morgan fingerprint density at radius 2 is 1.73 bits per heavy atom. The van der Waals surface area contributed by atoms with Crippen LogP contribution in [0, 0.1) is 23.7 Å². The summed E-state index contributed by atoms with van der Waals surface area (Å²) in [6, 6.07) is 6.67. The number of aliphatic hydroxyl groups is 1. The zero-order chi connectivity index (χ0) is 18.3. The number of aromatic hydroxyl groups is 1. The van der Waals surface area contributed by atoms with E-state index in [1.807, 2.05) is 0 Å². The molecule has 0 aliphatic heterocycles. The average Bonchev–Trinajstić information content (AvgIpc) is 2.60. The Bertz CT molecular complexity index is 618. The van der Waals surface area contributed by atoms with Gasteiger partial charge < -0.3 is 10.2 Å². The first-order valence-electron chi connectivity index (χ1n) is 10.9. The van der Waals surface area contributed by atoms with E-state index in [1.54, 1.807) is 0 Å². The lowest BCUT2D eigenvalue weighted by molar-refractivity contribution is 0.0778. The van der Waals surface area contributed by atoms with Crippen molar-refractivity contribution in [2.45, 2.75) is 83.0 Å². The molecule has 0 amide bonds. The van der Waals surface area contributed by atoms with Gasteiger partial charge in [-0.1, -0.05) is 32.4 Å². The van der Waals surface area contributed by atoms with E-state index in [0.29, 0.717) is 17.6 Å². The first-order chi connectivity index (χ1) is 12.5. The summed E-state index contributed by atoms with van der Waals surface area (Å²) in [6.45, 7) is 5.12. The topological polar surface area (TPSA) is 40.5 Å². The number of hydrogen-bond donors (Lipinski definition) is 2. The first-order valence-corrected chi connectivity index (χ1v) is 10.9. The van der Waals surface area contributed by atoms with Crippen LogP contribution >= 0.6 is 0 Å². The second-order valence-electron chi connectivity index (χ2n) is 10.1. The fourth-order valence-corrected chi connectivity index (χ4v) is 7.02. The molecule has 0 saturated heterocycles. The minimum absolute atomic E-state index is 0.287. The van der Waals surface area contributed by atoms with Crippen LogP contribution in [0.3, 0.4) is 0 Å². The Hall–Kier alpha value is -1.02. The monoisotopic (exact) mass is 356 g/mol. The second-order valence-corrected chi connectivity index (χ2v) is 10.1. The van der Waals surface area contributed by atoms with Crippen molar-refractivity contribution in [1.29, 1.82) is 0 Å². The Labute approximate surface area is 159 Å². The SMILES string of the molecule is CC1CC2CC(C)CC(c3ccc(C4CCCC(CO)C4)c(O)c3)(C1)C2. The van der Waals surface area contributed by atoms with Gasteiger partial charge >= 0.3 is 0 Å². The van der Waals surface area contributed by atoms with Crippen LogP contribution < -0.4 is 0 Å². The summed E-state index contributed by atoms with van der Waals surface area (Å²) in [5.74, 6) is 3.79. The summed E-state index contributed by atoms with van der Waals surface area (Å²) < 4.78 is 0. The molecular formula is C24H36O2. The molecule has 1 aromatic carbocycles. The zero-order valence-electron chi connectivity index (χ0n) is 16.6. The van der Waals surface area contributed by atoms with Crippen LogP contribution in [0.2, 0.25) is 0 Å². The van der Waals surface area contributed by atoms with Gasteiger partial charge in [0.25, 0.3) is 0 Å². The average molecular weight is 357 g/mol. The number of hydrogen-bond acceptors (Lipinski definition) is 2. The number of rotatable bonds is 3. The largest absolute Gasteiger partial charge is 0.508 e. The van der Waals surface area contributed by atoms with Crippen molar-refractivity contribution in [3.8, 4) is 5.75 Å². The fourth-order valence-electron chi connectivity index (χ4n) is 7.02. The minimum atomic E-state index is 0.287. The van der Waals surface area contributed by atoms with E-state index in [2.05, 4.69) is 32.0 Å². The van der Waals surface area contributed by atoms with E-state index < -0.39 is 0 Å². The Balaban J connectivity index is 1.61. The number of phenolic OH excluding ortho intramolecular Hbond substituents is 1. The summed E-state index contributed by atoms with van der Waals surface area (Å²) in [7, 11) is 0. The van der Waals surface area contributed by atoms with Crippen molar-refractivity contribution in [1.82, 2.24) is 0 Å². The number of fused-ring (bicyclic) bond motifs is 2. The molecule has 0 aromatic heterocycles. The van der Waals surface area contributed by atoms with Crippen molar-refractivity contribution in [3.63, 3.8) is 0 Å². The third-order valence-electron chi connectivity index (χ3n) is 7.75. The smallest absolute Gasteiger partial charge is 0.119 e. The highest BCUT2D eigenvalue weighted by Gasteiger charge is 2.45. The van der Waals surface area contributed by atoms with Crippen LogP contribution in [0.15, 0.2) is 18.2 Å². The van der Waals surface area contributed by atoms with Crippen molar-refractivity contribution >= 4 is 0 Å². The molecule has 4 rings (SSSR count). The lowest BCUT2D eigenvalue weighted by Gasteiger charge is -2.50. The highest BCUT2D eigenvalue weighted by Crippen LogP contribution is 2.54. The van der Waals surface area contributed by atoms with Crippen LogP contribution in [-0.2, 0) is 5.41 Å². The van der Waals surface area contributed by atoms with Crippen molar-refractivity contribution < 1.29 is 10.2 Å². The van der Waals surface area contributed by atoms with E-state index in [4.69, 9.17) is 0 Å². The molecule has 3 aliphatic rings. The summed E-state index contributed by atoms with van der Waals surface area (Å²) in [6.07, 6.45) is 11.1. The van der Waals surface area contributed by atoms with Crippen LogP contribution in [-0.4, -0.2) is 16.8 Å². The minimum Gasteiger partial charge on any atom is -0.508 e. The highest BCUT2D eigenvalue weighted by molar-refractivity contribution is 5.42. The molecule has 2 N–H and O–H groups in total. The molecule has 0 spiro atoms. The van der Waals surface area contributed by atoms with Gasteiger partial charge in [-0.25, -0.2) is 0 Å². The Morgan fingerprint density at radius 3 is 2.38 bits per heavy atom. The molecule has 2 nitrogen and oxygen atoms in total. The predicted molar refractivity (Wildman–Crippen MR) is 106 cm³/mol. The van der Waals surface area contributed by atoms with Gasteiger partial charge in [-0.2, -0.15) is 0 Å². The lowest BCUT2D eigenvalue weighted by atomic mass is 9.54. The van der Waals surface area contributed by atoms with E-state index in [0.717, 1.165) is 49.0 Å². The van der Waals surface area contributed by atoms with Crippen LogP contribution in [0.1, 0.15) is 88.7 Å². The van der Waals surface area contributed by atoms with Gasteiger partial charge in [-0.15, -0.1) is 0 Å². The molecule has 3 fully saturated rings. The first kappa shape index (κ1) is 18.3. The molecule has 144 valence electrons. The van der Waals surface area contributed by atoms with Crippen LogP contribution in [0.25, 0.3) is 0 Å². The van der Waals surface area contributed by atoms with Gasteiger partial charge in [0, 0.05) is 6.61 Å². The van der Waals surface area contributed by atoms with Gasteiger partial charge in [0.15, 0.2) is 0 Å². The lowest BCUT2D eigenvalue weighted by Crippen LogP contribution is -2.42. The van der Waals surface area contributed by atoms with E-state index >= 15 is 0 Å². The summed E-state index contributed by atoms with van der Waals surface area (Å²) in [4.78, 5) is 0. The molecule has 3 saturated carbocycles. The molecule has 0 radical (unpaired) electrons. The van der Waals surface area contributed by atoms with Crippen molar-refractivity contribution in [3.05, 3.63) is 29.3 Å². The number of aliphatic hydroxyl groups excluding tert-OH is 1. The predicted octanol–water partition coefficient (Wildman–Crippen LogP) is 5.76. The van der Waals surface area contributed by atoms with E-state index in [9.17, 15) is 10.2 Å². The quantitative estimate of drug-likeness (QED) is 0.722. The van der Waals surface area contributed by atoms with Gasteiger partial charge in [0.2, 0.25) is 0 Å². The van der Waals surface area contributed by atoms with Gasteiger partial charge in [-0.3, -0.25) is 0 Å². The summed E-state index contributed by atoms with van der Waals surface area (Å²) >= 11 is 0. The molecule has 4 unspecified atom stereocenters. The maximum atomic E-state index is 10.9.